The van der Waals surface area contributed by atoms with Gasteiger partial charge in [0, 0.05) is 39.8 Å². The van der Waals surface area contributed by atoms with Gasteiger partial charge in [-0.2, -0.15) is 0 Å². The summed E-state index contributed by atoms with van der Waals surface area (Å²) < 4.78 is 1.81. The molecule has 0 aliphatic heterocycles. The highest BCUT2D eigenvalue weighted by Gasteiger charge is 2.15. The van der Waals surface area contributed by atoms with Crippen LogP contribution in [0.1, 0.15) is 20.8 Å². The van der Waals surface area contributed by atoms with Crippen LogP contribution in [0.3, 0.4) is 0 Å². The number of hydrogen-bond acceptors (Lipinski definition) is 2. The van der Waals surface area contributed by atoms with E-state index in [1.165, 1.54) is 0 Å². The molecule has 0 radical (unpaired) electrons. The summed E-state index contributed by atoms with van der Waals surface area (Å²) in [5.74, 6) is 0. The number of pyridine rings is 1. The molecule has 0 aliphatic rings. The minimum Gasteiger partial charge on any atom is -0.313 e. The second kappa shape index (κ2) is 8.47. The summed E-state index contributed by atoms with van der Waals surface area (Å²) in [6.07, 6.45) is 1.96. The number of aromatic nitrogens is 1. The summed E-state index contributed by atoms with van der Waals surface area (Å²) >= 11 is 12.2. The monoisotopic (exact) mass is 402 g/mol. The van der Waals surface area contributed by atoms with Crippen LogP contribution >= 0.6 is 23.2 Å². The molecule has 3 rings (SSSR count). The van der Waals surface area contributed by atoms with E-state index in [1.807, 2.05) is 47.2 Å². The number of nitrogens with zero attached hydrogens (tertiary/aromatic N) is 2. The first-order chi connectivity index (χ1) is 12.9. The van der Waals surface area contributed by atoms with Crippen LogP contribution in [0, 0.1) is 0 Å². The molecule has 142 valence electrons. The van der Waals surface area contributed by atoms with Crippen LogP contribution in [-0.4, -0.2) is 28.6 Å². The Bertz CT molecular complexity index is 992. The van der Waals surface area contributed by atoms with Gasteiger partial charge in [0.05, 0.1) is 0 Å². The number of halogens is 2. The van der Waals surface area contributed by atoms with Gasteiger partial charge in [-0.1, -0.05) is 55.2 Å². The fraction of sp³-hybridized carbons (Fsp3) is 0.318. The van der Waals surface area contributed by atoms with Crippen molar-refractivity contribution < 1.29 is 0 Å². The SMILES string of the molecule is CCN(CC)C(C)Cn1cc(-c2ccc(Cl)cc2)c2ccc(Cl)cc2c1=O. The molecule has 1 unspecified atom stereocenters. The minimum atomic E-state index is -0.00998. The molecule has 0 saturated heterocycles. The van der Waals surface area contributed by atoms with E-state index >= 15 is 0 Å². The predicted octanol–water partition coefficient (Wildman–Crippen LogP) is 5.71. The third kappa shape index (κ3) is 4.21. The Morgan fingerprint density at radius 1 is 0.963 bits per heavy atom. The highest BCUT2D eigenvalue weighted by atomic mass is 35.5. The molecule has 0 spiro atoms. The molecule has 1 heterocycles. The fourth-order valence-electron chi connectivity index (χ4n) is 3.61. The molecule has 3 nitrogen and oxygen atoms in total. The Morgan fingerprint density at radius 3 is 2.22 bits per heavy atom. The van der Waals surface area contributed by atoms with Gasteiger partial charge in [-0.25, -0.2) is 0 Å². The van der Waals surface area contributed by atoms with Crippen molar-refractivity contribution in [2.24, 2.45) is 0 Å². The standard InChI is InChI=1S/C22H24Cl2N2O/c1-4-25(5-2)15(3)13-26-14-21(16-6-8-17(23)9-7-16)19-11-10-18(24)12-20(19)22(26)27/h6-12,14-15H,4-5,13H2,1-3H3. The van der Waals surface area contributed by atoms with Gasteiger partial charge in [0.25, 0.3) is 5.56 Å². The van der Waals surface area contributed by atoms with E-state index in [2.05, 4.69) is 25.7 Å². The number of fused-ring (bicyclic) bond motifs is 1. The van der Waals surface area contributed by atoms with Crippen LogP contribution < -0.4 is 5.56 Å². The third-order valence-electron chi connectivity index (χ3n) is 5.10. The lowest BCUT2D eigenvalue weighted by Gasteiger charge is -2.27. The molecule has 0 bridgehead atoms. The highest BCUT2D eigenvalue weighted by Crippen LogP contribution is 2.29. The van der Waals surface area contributed by atoms with Crippen LogP contribution in [0.5, 0.6) is 0 Å². The summed E-state index contributed by atoms with van der Waals surface area (Å²) in [4.78, 5) is 15.5. The number of hydrogen-bond donors (Lipinski definition) is 0. The molecular weight excluding hydrogens is 379 g/mol. The lowest BCUT2D eigenvalue weighted by Crippen LogP contribution is -2.38. The zero-order chi connectivity index (χ0) is 19.6. The van der Waals surface area contributed by atoms with Crippen molar-refractivity contribution in [2.75, 3.05) is 13.1 Å². The number of rotatable bonds is 6. The predicted molar refractivity (Wildman–Crippen MR) is 116 cm³/mol. The molecule has 5 heteroatoms. The first-order valence-corrected chi connectivity index (χ1v) is 10.0. The smallest absolute Gasteiger partial charge is 0.258 e. The Hall–Kier alpha value is -1.81. The van der Waals surface area contributed by atoms with Crippen molar-refractivity contribution >= 4 is 34.0 Å². The van der Waals surface area contributed by atoms with Gasteiger partial charge >= 0.3 is 0 Å². The topological polar surface area (TPSA) is 25.2 Å². The van der Waals surface area contributed by atoms with Crippen molar-refractivity contribution in [1.82, 2.24) is 9.47 Å². The lowest BCUT2D eigenvalue weighted by molar-refractivity contribution is 0.210. The normalized spacial score (nSPS) is 12.7. The maximum Gasteiger partial charge on any atom is 0.258 e. The minimum absolute atomic E-state index is 0.00998. The van der Waals surface area contributed by atoms with Crippen molar-refractivity contribution in [3.8, 4) is 11.1 Å². The van der Waals surface area contributed by atoms with E-state index in [0.717, 1.165) is 29.6 Å². The molecule has 1 atom stereocenters. The van der Waals surface area contributed by atoms with E-state index in [-0.39, 0.29) is 11.6 Å². The van der Waals surface area contributed by atoms with Crippen LogP contribution in [-0.2, 0) is 6.54 Å². The maximum absolute atomic E-state index is 13.1. The van der Waals surface area contributed by atoms with E-state index in [4.69, 9.17) is 23.2 Å². The largest absolute Gasteiger partial charge is 0.313 e. The van der Waals surface area contributed by atoms with Crippen molar-refractivity contribution in [2.45, 2.75) is 33.4 Å². The van der Waals surface area contributed by atoms with Gasteiger partial charge in [0.1, 0.15) is 0 Å². The Labute approximate surface area is 170 Å². The summed E-state index contributed by atoms with van der Waals surface area (Å²) in [5.41, 5.74) is 2.02. The molecule has 2 aromatic carbocycles. The van der Waals surface area contributed by atoms with E-state index < -0.39 is 0 Å². The van der Waals surface area contributed by atoms with Crippen LogP contribution in [0.4, 0.5) is 0 Å². The molecule has 1 aromatic heterocycles. The quantitative estimate of drug-likeness (QED) is 0.527. The van der Waals surface area contributed by atoms with E-state index in [0.29, 0.717) is 22.0 Å². The number of likely N-dealkylation sites (N-methyl/N-ethyl adjacent to an activating group) is 1. The summed E-state index contributed by atoms with van der Waals surface area (Å²) in [6.45, 7) is 8.98. The van der Waals surface area contributed by atoms with Crippen molar-refractivity contribution in [3.05, 3.63) is 69.1 Å². The molecule has 27 heavy (non-hydrogen) atoms. The van der Waals surface area contributed by atoms with Gasteiger partial charge in [-0.3, -0.25) is 9.69 Å². The summed E-state index contributed by atoms with van der Waals surface area (Å²) in [6, 6.07) is 13.5. The first kappa shape index (κ1) is 19.9. The molecule has 3 aromatic rings. The first-order valence-electron chi connectivity index (χ1n) is 9.27. The lowest BCUT2D eigenvalue weighted by atomic mass is 10.0. The third-order valence-corrected chi connectivity index (χ3v) is 5.59. The van der Waals surface area contributed by atoms with E-state index in [1.54, 1.807) is 6.07 Å². The average molecular weight is 403 g/mol. The fourth-order valence-corrected chi connectivity index (χ4v) is 3.91. The van der Waals surface area contributed by atoms with Crippen LogP contribution in [0.2, 0.25) is 10.0 Å². The number of benzene rings is 2. The molecular formula is C22H24Cl2N2O. The Balaban J connectivity index is 2.18. The second-order valence-electron chi connectivity index (χ2n) is 6.77. The van der Waals surface area contributed by atoms with Gasteiger partial charge in [0.2, 0.25) is 0 Å². The molecule has 0 amide bonds. The average Bonchev–Trinajstić information content (AvgIpc) is 2.66. The van der Waals surface area contributed by atoms with Crippen molar-refractivity contribution in [3.63, 3.8) is 0 Å². The molecule has 0 aliphatic carbocycles. The van der Waals surface area contributed by atoms with Gasteiger partial charge in [-0.05, 0) is 55.2 Å². The molecule has 0 saturated carbocycles. The Morgan fingerprint density at radius 2 is 1.59 bits per heavy atom. The Kier molecular flexibility index (Phi) is 6.25. The van der Waals surface area contributed by atoms with Gasteiger partial charge < -0.3 is 4.57 Å². The zero-order valence-corrected chi connectivity index (χ0v) is 17.4. The highest BCUT2D eigenvalue weighted by molar-refractivity contribution is 6.31. The van der Waals surface area contributed by atoms with Crippen LogP contribution in [0.15, 0.2) is 53.5 Å². The van der Waals surface area contributed by atoms with Crippen LogP contribution in [0.25, 0.3) is 21.9 Å². The summed E-state index contributed by atoms with van der Waals surface area (Å²) in [7, 11) is 0. The summed E-state index contributed by atoms with van der Waals surface area (Å²) in [5, 5.41) is 2.80. The van der Waals surface area contributed by atoms with Crippen molar-refractivity contribution in [1.29, 1.82) is 0 Å². The molecule has 0 fully saturated rings. The van der Waals surface area contributed by atoms with Gasteiger partial charge in [0.15, 0.2) is 0 Å². The maximum atomic E-state index is 13.1. The zero-order valence-electron chi connectivity index (χ0n) is 15.9. The van der Waals surface area contributed by atoms with Gasteiger partial charge in [-0.15, -0.1) is 0 Å². The second-order valence-corrected chi connectivity index (χ2v) is 7.64. The molecule has 0 N–H and O–H groups in total. The van der Waals surface area contributed by atoms with E-state index in [9.17, 15) is 4.79 Å².